The van der Waals surface area contributed by atoms with Crippen molar-refractivity contribution in [3.05, 3.63) is 69.0 Å². The van der Waals surface area contributed by atoms with E-state index in [9.17, 15) is 19.7 Å². The third-order valence-corrected chi connectivity index (χ3v) is 5.66. The Hall–Kier alpha value is -3.24. The molecule has 0 fully saturated rings. The van der Waals surface area contributed by atoms with Gasteiger partial charge >= 0.3 is 0 Å². The van der Waals surface area contributed by atoms with Crippen LogP contribution in [0.3, 0.4) is 0 Å². The van der Waals surface area contributed by atoms with Crippen molar-refractivity contribution in [2.24, 2.45) is 0 Å². The number of thioether (sulfide) groups is 1. The van der Waals surface area contributed by atoms with E-state index in [0.717, 1.165) is 0 Å². The van der Waals surface area contributed by atoms with Gasteiger partial charge in [0.05, 0.1) is 21.6 Å². The zero-order chi connectivity index (χ0) is 22.4. The lowest BCUT2D eigenvalue weighted by molar-refractivity contribution is -0.384. The van der Waals surface area contributed by atoms with E-state index in [2.05, 4.69) is 4.98 Å². The van der Waals surface area contributed by atoms with Gasteiger partial charge in [0.25, 0.3) is 11.2 Å². The van der Waals surface area contributed by atoms with E-state index in [0.29, 0.717) is 41.3 Å². The van der Waals surface area contributed by atoms with Crippen LogP contribution in [0.2, 0.25) is 0 Å². The number of carbonyl (C=O) groups excluding carboxylic acids is 1. The molecule has 0 aliphatic rings. The van der Waals surface area contributed by atoms with Crippen LogP contribution in [0, 0.1) is 10.1 Å². The molecule has 1 amide bonds. The number of hydrogen-bond acceptors (Lipinski definition) is 7. The van der Waals surface area contributed by atoms with E-state index in [4.69, 9.17) is 4.74 Å². The number of aromatic nitrogens is 2. The fraction of sp³-hybridized carbons (Fsp3) is 0.286. The second-order valence-corrected chi connectivity index (χ2v) is 7.67. The average Bonchev–Trinajstić information content (AvgIpc) is 2.78. The van der Waals surface area contributed by atoms with Crippen molar-refractivity contribution in [1.29, 1.82) is 0 Å². The molecule has 10 heteroatoms. The number of non-ortho nitro benzene ring substituents is 1. The number of benzene rings is 2. The molecule has 9 nitrogen and oxygen atoms in total. The number of hydrogen-bond donors (Lipinski definition) is 0. The Bertz CT molecular complexity index is 1150. The second-order valence-electron chi connectivity index (χ2n) is 6.73. The zero-order valence-electron chi connectivity index (χ0n) is 17.2. The van der Waals surface area contributed by atoms with Gasteiger partial charge in [0.15, 0.2) is 5.16 Å². The highest BCUT2D eigenvalue weighted by Crippen LogP contribution is 2.22. The van der Waals surface area contributed by atoms with E-state index in [1.807, 2.05) is 6.07 Å². The van der Waals surface area contributed by atoms with Gasteiger partial charge in [-0.1, -0.05) is 23.9 Å². The lowest BCUT2D eigenvalue weighted by Gasteiger charge is -2.18. The Labute approximate surface area is 182 Å². The maximum Gasteiger partial charge on any atom is 0.269 e. The fourth-order valence-corrected chi connectivity index (χ4v) is 3.93. The minimum Gasteiger partial charge on any atom is -0.385 e. The number of rotatable bonds is 9. The van der Waals surface area contributed by atoms with Gasteiger partial charge in [-0.05, 0) is 30.7 Å². The van der Waals surface area contributed by atoms with Crippen LogP contribution in [0.5, 0.6) is 0 Å². The van der Waals surface area contributed by atoms with E-state index in [-0.39, 0.29) is 22.9 Å². The minimum absolute atomic E-state index is 0.0422. The molecule has 0 saturated heterocycles. The number of nitro groups is 1. The summed E-state index contributed by atoms with van der Waals surface area (Å²) >= 11 is 1.18. The van der Waals surface area contributed by atoms with Gasteiger partial charge in [0.1, 0.15) is 0 Å². The molecule has 162 valence electrons. The molecule has 0 bridgehead atoms. The topological polar surface area (TPSA) is 108 Å². The summed E-state index contributed by atoms with van der Waals surface area (Å²) in [6.07, 6.45) is 0.640. The molecule has 1 heterocycles. The zero-order valence-corrected chi connectivity index (χ0v) is 18.0. The van der Waals surface area contributed by atoms with Crippen molar-refractivity contribution >= 4 is 39.9 Å². The maximum absolute atomic E-state index is 12.9. The first-order valence-electron chi connectivity index (χ1n) is 9.54. The second kappa shape index (κ2) is 10.2. The molecule has 1 aromatic heterocycles. The molecule has 0 aliphatic carbocycles. The SMILES string of the molecule is COCCCn1c(SCC(=O)N(C)c2ccc([N+](=O)[O-])cc2)nc2ccccc2c1=O. The molecule has 0 spiro atoms. The fourth-order valence-electron chi connectivity index (χ4n) is 2.99. The highest BCUT2D eigenvalue weighted by Gasteiger charge is 2.16. The third-order valence-electron chi connectivity index (χ3n) is 4.70. The Morgan fingerprint density at radius 3 is 2.61 bits per heavy atom. The number of nitrogens with zero attached hydrogens (tertiary/aromatic N) is 4. The van der Waals surface area contributed by atoms with E-state index in [1.165, 1.54) is 40.9 Å². The van der Waals surface area contributed by atoms with Crippen molar-refractivity contribution in [3.8, 4) is 0 Å². The maximum atomic E-state index is 12.9. The van der Waals surface area contributed by atoms with Gasteiger partial charge in [-0.2, -0.15) is 0 Å². The standard InChI is InChI=1S/C21H22N4O5S/c1-23(15-8-10-16(11-9-15)25(28)29)19(26)14-31-21-22-18-7-4-3-6-17(18)20(27)24(21)12-5-13-30-2/h3-4,6-11H,5,12-14H2,1-2H3. The molecule has 0 N–H and O–H groups in total. The van der Waals surface area contributed by atoms with Crippen LogP contribution in [-0.2, 0) is 16.1 Å². The normalized spacial score (nSPS) is 10.9. The summed E-state index contributed by atoms with van der Waals surface area (Å²) in [5.74, 6) is -0.160. The average molecular weight is 442 g/mol. The number of methoxy groups -OCH3 is 1. The highest BCUT2D eigenvalue weighted by molar-refractivity contribution is 7.99. The first-order valence-corrected chi connectivity index (χ1v) is 10.5. The molecule has 31 heavy (non-hydrogen) atoms. The summed E-state index contributed by atoms with van der Waals surface area (Å²) < 4.78 is 6.66. The lowest BCUT2D eigenvalue weighted by atomic mass is 10.2. The van der Waals surface area contributed by atoms with Crippen LogP contribution in [-0.4, -0.2) is 46.9 Å². The number of carbonyl (C=O) groups is 1. The molecule has 0 atom stereocenters. The molecule has 2 aromatic carbocycles. The summed E-state index contributed by atoms with van der Waals surface area (Å²) in [4.78, 5) is 42.0. The number of amides is 1. The van der Waals surface area contributed by atoms with Crippen molar-refractivity contribution < 1.29 is 14.5 Å². The van der Waals surface area contributed by atoms with E-state index < -0.39 is 4.92 Å². The third kappa shape index (κ3) is 5.28. The molecule has 0 radical (unpaired) electrons. The summed E-state index contributed by atoms with van der Waals surface area (Å²) in [7, 11) is 3.20. The number of nitro benzene ring substituents is 1. The van der Waals surface area contributed by atoms with Crippen LogP contribution >= 0.6 is 11.8 Å². The molecular weight excluding hydrogens is 420 g/mol. The summed E-state index contributed by atoms with van der Waals surface area (Å²) in [6, 6.07) is 12.9. The van der Waals surface area contributed by atoms with Gasteiger partial charge < -0.3 is 9.64 Å². The van der Waals surface area contributed by atoms with Gasteiger partial charge in [0.2, 0.25) is 5.91 Å². The summed E-state index contributed by atoms with van der Waals surface area (Å²) in [5, 5.41) is 11.8. The van der Waals surface area contributed by atoms with Crippen molar-refractivity contribution in [1.82, 2.24) is 9.55 Å². The minimum atomic E-state index is -0.490. The predicted octanol–water partition coefficient (Wildman–Crippen LogP) is 3.10. The van der Waals surface area contributed by atoms with Gasteiger partial charge in [0, 0.05) is 45.1 Å². The predicted molar refractivity (Wildman–Crippen MR) is 120 cm³/mol. The molecule has 0 aliphatic heterocycles. The Morgan fingerprint density at radius 2 is 1.94 bits per heavy atom. The quantitative estimate of drug-likeness (QED) is 0.165. The molecular formula is C21H22N4O5S. The number of para-hydroxylation sites is 1. The number of ether oxygens (including phenoxy) is 1. The van der Waals surface area contributed by atoms with Crippen LogP contribution < -0.4 is 10.5 Å². The Morgan fingerprint density at radius 1 is 1.23 bits per heavy atom. The van der Waals surface area contributed by atoms with E-state index >= 15 is 0 Å². The number of fused-ring (bicyclic) bond motifs is 1. The van der Waals surface area contributed by atoms with Crippen LogP contribution in [0.25, 0.3) is 10.9 Å². The molecule has 0 saturated carbocycles. The van der Waals surface area contributed by atoms with Crippen molar-refractivity contribution in [2.45, 2.75) is 18.1 Å². The Balaban J connectivity index is 1.79. The Kier molecular flexibility index (Phi) is 7.37. The van der Waals surface area contributed by atoms with Crippen LogP contribution in [0.15, 0.2) is 58.5 Å². The first-order chi connectivity index (χ1) is 14.9. The van der Waals surface area contributed by atoms with Crippen molar-refractivity contribution in [2.75, 3.05) is 31.4 Å². The number of anilines is 1. The smallest absolute Gasteiger partial charge is 0.269 e. The first kappa shape index (κ1) is 22.4. The van der Waals surface area contributed by atoms with Gasteiger partial charge in [-0.25, -0.2) is 4.98 Å². The van der Waals surface area contributed by atoms with Gasteiger partial charge in [-0.3, -0.25) is 24.3 Å². The van der Waals surface area contributed by atoms with Crippen LogP contribution in [0.1, 0.15) is 6.42 Å². The molecule has 3 rings (SSSR count). The lowest BCUT2D eigenvalue weighted by Crippen LogP contribution is -2.29. The van der Waals surface area contributed by atoms with Crippen LogP contribution in [0.4, 0.5) is 11.4 Å². The van der Waals surface area contributed by atoms with E-state index in [1.54, 1.807) is 36.9 Å². The largest absolute Gasteiger partial charge is 0.385 e. The van der Waals surface area contributed by atoms with Gasteiger partial charge in [-0.15, -0.1) is 0 Å². The highest BCUT2D eigenvalue weighted by atomic mass is 32.2. The summed E-state index contributed by atoms with van der Waals surface area (Å²) in [5.41, 5.74) is 0.925. The molecule has 3 aromatic rings. The molecule has 0 unspecified atom stereocenters. The monoisotopic (exact) mass is 442 g/mol. The summed E-state index contributed by atoms with van der Waals surface area (Å²) in [6.45, 7) is 0.935. The van der Waals surface area contributed by atoms with Crippen molar-refractivity contribution in [3.63, 3.8) is 0 Å².